The first-order chi connectivity index (χ1) is 34.6. The van der Waals surface area contributed by atoms with Gasteiger partial charge in [-0.05, 0) is 129 Å². The summed E-state index contributed by atoms with van der Waals surface area (Å²) in [6, 6.07) is 100. The Morgan fingerprint density at radius 3 is 1.46 bits per heavy atom. The average molecular weight is 893 g/mol. The van der Waals surface area contributed by atoms with E-state index >= 15 is 0 Å². The zero-order valence-electron chi connectivity index (χ0n) is 38.9. The molecule has 0 spiro atoms. The number of fused-ring (bicyclic) bond motifs is 6. The highest BCUT2D eigenvalue weighted by Gasteiger charge is 2.42. The molecule has 330 valence electrons. The molecule has 2 heteroatoms. The molecule has 1 aromatic heterocycles. The molecule has 13 rings (SSSR count). The number of aromatic nitrogens is 1. The fraction of sp³-hybridized carbons (Fsp3) is 0.0294. The van der Waals surface area contributed by atoms with Gasteiger partial charge in [-0.15, -0.1) is 0 Å². The van der Waals surface area contributed by atoms with Crippen LogP contribution >= 0.6 is 0 Å². The quantitative estimate of drug-likeness (QED) is 0.140. The summed E-state index contributed by atoms with van der Waals surface area (Å²) in [5, 5.41) is 2.47. The lowest BCUT2D eigenvalue weighted by molar-refractivity contribution is 0.716. The van der Waals surface area contributed by atoms with Crippen molar-refractivity contribution in [3.8, 4) is 61.3 Å². The Morgan fingerprint density at radius 1 is 0.300 bits per heavy atom. The highest BCUT2D eigenvalue weighted by Crippen LogP contribution is 2.55. The van der Waals surface area contributed by atoms with Gasteiger partial charge in [0.25, 0.3) is 0 Å². The molecule has 0 fully saturated rings. The first-order valence-electron chi connectivity index (χ1n) is 24.3. The van der Waals surface area contributed by atoms with Gasteiger partial charge < -0.3 is 9.47 Å². The Kier molecular flexibility index (Phi) is 9.99. The maximum Gasteiger partial charge on any atom is 0.0541 e. The summed E-state index contributed by atoms with van der Waals surface area (Å²) in [7, 11) is 0. The molecule has 0 radical (unpaired) electrons. The van der Waals surface area contributed by atoms with Gasteiger partial charge in [-0.1, -0.05) is 212 Å². The first kappa shape index (κ1) is 41.2. The summed E-state index contributed by atoms with van der Waals surface area (Å²) < 4.78 is 2.38. The molecule has 0 aliphatic heterocycles. The molecule has 0 saturated heterocycles. The summed E-state index contributed by atoms with van der Waals surface area (Å²) in [5.41, 5.74) is 22.3. The molecule has 1 aliphatic carbocycles. The molecule has 1 aliphatic rings. The van der Waals surface area contributed by atoms with E-state index in [-0.39, 0.29) is 0 Å². The van der Waals surface area contributed by atoms with Gasteiger partial charge in [-0.2, -0.15) is 0 Å². The van der Waals surface area contributed by atoms with Crippen molar-refractivity contribution in [3.63, 3.8) is 0 Å². The van der Waals surface area contributed by atoms with Crippen LogP contribution in [0.1, 0.15) is 23.6 Å². The van der Waals surface area contributed by atoms with Crippen molar-refractivity contribution in [1.82, 2.24) is 4.57 Å². The molecule has 0 bridgehead atoms. The normalized spacial score (nSPS) is 12.5. The number of nitrogens with zero attached hydrogens (tertiary/aromatic N) is 2. The Morgan fingerprint density at radius 2 is 0.771 bits per heavy atom. The van der Waals surface area contributed by atoms with Crippen molar-refractivity contribution in [2.45, 2.75) is 12.3 Å². The summed E-state index contributed by atoms with van der Waals surface area (Å²) >= 11 is 0. The Labute approximate surface area is 409 Å². The smallest absolute Gasteiger partial charge is 0.0541 e. The van der Waals surface area contributed by atoms with E-state index in [1.165, 1.54) is 66.3 Å². The lowest BCUT2D eigenvalue weighted by atomic mass is 9.71. The van der Waals surface area contributed by atoms with E-state index in [1.807, 2.05) is 0 Å². The molecule has 0 atom stereocenters. The monoisotopic (exact) mass is 892 g/mol. The maximum atomic E-state index is 2.51. The van der Waals surface area contributed by atoms with E-state index in [4.69, 9.17) is 0 Å². The van der Waals surface area contributed by atoms with E-state index in [9.17, 15) is 0 Å². The van der Waals surface area contributed by atoms with Crippen molar-refractivity contribution >= 4 is 38.9 Å². The van der Waals surface area contributed by atoms with E-state index < -0.39 is 5.41 Å². The third-order valence-corrected chi connectivity index (χ3v) is 14.7. The van der Waals surface area contributed by atoms with Crippen LogP contribution < -0.4 is 4.90 Å². The van der Waals surface area contributed by atoms with Crippen molar-refractivity contribution in [2.24, 2.45) is 0 Å². The highest BCUT2D eigenvalue weighted by molar-refractivity contribution is 6.10. The predicted octanol–water partition coefficient (Wildman–Crippen LogP) is 18.3. The molecule has 0 N–H and O–H groups in total. The average Bonchev–Trinajstić information content (AvgIpc) is 3.91. The number of rotatable bonds is 9. The van der Waals surface area contributed by atoms with Gasteiger partial charge in [0.05, 0.1) is 22.4 Å². The number of anilines is 3. The zero-order chi connectivity index (χ0) is 46.6. The molecule has 12 aromatic rings. The number of benzene rings is 11. The summed E-state index contributed by atoms with van der Waals surface area (Å²) in [6.45, 7) is 2.42. The van der Waals surface area contributed by atoms with Crippen LogP contribution in [0, 0.1) is 0 Å². The van der Waals surface area contributed by atoms with Gasteiger partial charge in [-0.25, -0.2) is 0 Å². The van der Waals surface area contributed by atoms with E-state index in [0.717, 1.165) is 50.6 Å². The van der Waals surface area contributed by atoms with Gasteiger partial charge in [0.2, 0.25) is 0 Å². The fourth-order valence-corrected chi connectivity index (χ4v) is 11.4. The number of hydrogen-bond acceptors (Lipinski definition) is 1. The maximum absolute atomic E-state index is 2.51. The number of para-hydroxylation sites is 3. The Balaban J connectivity index is 1.04. The van der Waals surface area contributed by atoms with Crippen molar-refractivity contribution in [2.75, 3.05) is 4.90 Å². The third-order valence-electron chi connectivity index (χ3n) is 14.7. The standard InChI is InChI=1S/C68H48N2/c1-68(61-35-16-11-30-54(61)55-31-12-17-36-62(55)68)63-37-18-13-32-56(63)57-33-14-19-38-64(57)70(66-42-40-50(47-22-5-2-6-23-47)45-59(66)48-24-7-3-8-25-48)53-29-21-26-49(44-53)51-41-43-67-60(46-51)58-34-15-20-39-65(58)69(67)52-27-9-4-10-28-52/h2-46H,1H3. The second kappa shape index (κ2) is 17.0. The minimum atomic E-state index is -0.392. The Bertz CT molecular complexity index is 3860. The summed E-state index contributed by atoms with van der Waals surface area (Å²) in [6.07, 6.45) is 0. The van der Waals surface area contributed by atoms with Crippen LogP contribution in [0.4, 0.5) is 17.1 Å². The van der Waals surface area contributed by atoms with Crippen LogP contribution in [-0.2, 0) is 5.41 Å². The van der Waals surface area contributed by atoms with Crippen LogP contribution in [-0.4, -0.2) is 4.57 Å². The Hall–Kier alpha value is -8.98. The van der Waals surface area contributed by atoms with E-state index in [2.05, 4.69) is 289 Å². The summed E-state index contributed by atoms with van der Waals surface area (Å²) in [4.78, 5) is 2.51. The molecule has 0 unspecified atom stereocenters. The molecule has 0 amide bonds. The van der Waals surface area contributed by atoms with Gasteiger partial charge in [0.15, 0.2) is 0 Å². The molecule has 1 heterocycles. The molecule has 11 aromatic carbocycles. The highest BCUT2D eigenvalue weighted by atomic mass is 15.1. The van der Waals surface area contributed by atoms with Crippen LogP contribution in [0.5, 0.6) is 0 Å². The van der Waals surface area contributed by atoms with Gasteiger partial charge in [0, 0.05) is 38.7 Å². The molecular formula is C68H48N2. The largest absolute Gasteiger partial charge is 0.309 e. The molecular weight excluding hydrogens is 845 g/mol. The topological polar surface area (TPSA) is 8.17 Å². The second-order valence-electron chi connectivity index (χ2n) is 18.5. The van der Waals surface area contributed by atoms with Gasteiger partial charge >= 0.3 is 0 Å². The SMILES string of the molecule is CC1(c2ccccc2-c2ccccc2N(c2cccc(-c3ccc4c(c3)c3ccccc3n4-c3ccccc3)c2)c2ccc(-c3ccccc3)cc2-c2ccccc2)c2ccccc2-c2ccccc21. The molecule has 70 heavy (non-hydrogen) atoms. The van der Waals surface area contributed by atoms with Crippen LogP contribution in [0.25, 0.3) is 83.1 Å². The molecule has 2 nitrogen and oxygen atoms in total. The minimum absolute atomic E-state index is 0.392. The fourth-order valence-electron chi connectivity index (χ4n) is 11.4. The molecule has 0 saturated carbocycles. The second-order valence-corrected chi connectivity index (χ2v) is 18.5. The lowest BCUT2D eigenvalue weighted by Crippen LogP contribution is -2.23. The predicted molar refractivity (Wildman–Crippen MR) is 295 cm³/mol. The van der Waals surface area contributed by atoms with Crippen molar-refractivity contribution < 1.29 is 0 Å². The van der Waals surface area contributed by atoms with E-state index in [0.29, 0.717) is 0 Å². The lowest BCUT2D eigenvalue weighted by Gasteiger charge is -2.33. The van der Waals surface area contributed by atoms with Gasteiger partial charge in [0.1, 0.15) is 0 Å². The number of hydrogen-bond donors (Lipinski definition) is 0. The van der Waals surface area contributed by atoms with Crippen LogP contribution in [0.15, 0.2) is 273 Å². The van der Waals surface area contributed by atoms with Crippen molar-refractivity contribution in [1.29, 1.82) is 0 Å². The zero-order valence-corrected chi connectivity index (χ0v) is 38.9. The van der Waals surface area contributed by atoms with Crippen molar-refractivity contribution in [3.05, 3.63) is 290 Å². The third kappa shape index (κ3) is 6.71. The minimum Gasteiger partial charge on any atom is -0.309 e. The van der Waals surface area contributed by atoms with Crippen LogP contribution in [0.2, 0.25) is 0 Å². The summed E-state index contributed by atoms with van der Waals surface area (Å²) in [5.74, 6) is 0. The van der Waals surface area contributed by atoms with Gasteiger partial charge in [-0.3, -0.25) is 0 Å². The van der Waals surface area contributed by atoms with Crippen LogP contribution in [0.3, 0.4) is 0 Å². The first-order valence-corrected chi connectivity index (χ1v) is 24.3. The van der Waals surface area contributed by atoms with E-state index in [1.54, 1.807) is 0 Å².